The van der Waals surface area contributed by atoms with Crippen LogP contribution in [0.2, 0.25) is 0 Å². The van der Waals surface area contributed by atoms with E-state index in [9.17, 15) is 22.0 Å². The van der Waals surface area contributed by atoms with E-state index in [4.69, 9.17) is 10.00 Å². The molecule has 5 nitrogen and oxygen atoms in total. The van der Waals surface area contributed by atoms with E-state index in [1.54, 1.807) is 24.0 Å². The van der Waals surface area contributed by atoms with E-state index in [2.05, 4.69) is 16.6 Å². The summed E-state index contributed by atoms with van der Waals surface area (Å²) in [6.07, 6.45) is -2.37. The van der Waals surface area contributed by atoms with Gasteiger partial charge in [-0.25, -0.2) is 18.8 Å². The average Bonchev–Trinajstić information content (AvgIpc) is 2.78. The van der Waals surface area contributed by atoms with Gasteiger partial charge >= 0.3 is 6.18 Å². The molecule has 0 saturated carbocycles. The number of alkyl halides is 3. The zero-order chi connectivity index (χ0) is 25.3. The lowest BCUT2D eigenvalue weighted by Gasteiger charge is -2.27. The molecule has 2 aromatic carbocycles. The van der Waals surface area contributed by atoms with E-state index >= 15 is 0 Å². The zero-order valence-electron chi connectivity index (χ0n) is 18.3. The van der Waals surface area contributed by atoms with Gasteiger partial charge in [0.1, 0.15) is 22.9 Å². The molecule has 1 aliphatic rings. The van der Waals surface area contributed by atoms with Crippen LogP contribution in [0.4, 0.5) is 27.6 Å². The molecular formula is C25H17F5N4O. The molecule has 0 fully saturated rings. The number of anilines is 1. The molecule has 35 heavy (non-hydrogen) atoms. The molecule has 0 amide bonds. The van der Waals surface area contributed by atoms with Crippen LogP contribution in [0.25, 0.3) is 5.70 Å². The van der Waals surface area contributed by atoms with Crippen molar-refractivity contribution in [2.45, 2.75) is 26.1 Å². The summed E-state index contributed by atoms with van der Waals surface area (Å²) >= 11 is 0. The number of hydrogen-bond donors (Lipinski definition) is 0. The van der Waals surface area contributed by atoms with Crippen molar-refractivity contribution >= 4 is 17.7 Å². The summed E-state index contributed by atoms with van der Waals surface area (Å²) in [7, 11) is 0. The van der Waals surface area contributed by atoms with Crippen LogP contribution in [0.3, 0.4) is 0 Å². The van der Waals surface area contributed by atoms with E-state index in [1.165, 1.54) is 24.5 Å². The first-order valence-corrected chi connectivity index (χ1v) is 10.3. The van der Waals surface area contributed by atoms with Crippen LogP contribution in [0.15, 0.2) is 54.2 Å². The quantitative estimate of drug-likeness (QED) is 0.385. The van der Waals surface area contributed by atoms with Gasteiger partial charge in [0.05, 0.1) is 36.8 Å². The molecule has 0 aliphatic carbocycles. The Hall–Kier alpha value is -4.26. The van der Waals surface area contributed by atoms with Crippen LogP contribution in [0.5, 0.6) is 11.6 Å². The number of benzene rings is 2. The molecule has 0 radical (unpaired) electrons. The third-order valence-corrected chi connectivity index (χ3v) is 5.36. The molecule has 1 aromatic heterocycles. The summed E-state index contributed by atoms with van der Waals surface area (Å²) in [6.45, 7) is 5.48. The van der Waals surface area contributed by atoms with Crippen LogP contribution in [0.1, 0.15) is 27.8 Å². The Balaban J connectivity index is 1.66. The predicted octanol–water partition coefficient (Wildman–Crippen LogP) is 6.56. The molecule has 4 rings (SSSR count). The van der Waals surface area contributed by atoms with Crippen LogP contribution in [-0.4, -0.2) is 11.3 Å². The fourth-order valence-electron chi connectivity index (χ4n) is 3.64. The van der Waals surface area contributed by atoms with E-state index in [0.29, 0.717) is 22.5 Å². The Bertz CT molecular complexity index is 1370. The summed E-state index contributed by atoms with van der Waals surface area (Å²) in [5.41, 5.74) is 1.04. The largest absolute Gasteiger partial charge is 0.438 e. The van der Waals surface area contributed by atoms with Gasteiger partial charge in [0.15, 0.2) is 0 Å². The van der Waals surface area contributed by atoms with Crippen molar-refractivity contribution < 1.29 is 26.7 Å². The van der Waals surface area contributed by atoms with Crippen molar-refractivity contribution in [2.75, 3.05) is 4.90 Å². The van der Waals surface area contributed by atoms with Crippen molar-refractivity contribution in [1.29, 1.82) is 5.26 Å². The number of pyridine rings is 1. The van der Waals surface area contributed by atoms with Gasteiger partial charge in [-0.1, -0.05) is 6.58 Å². The van der Waals surface area contributed by atoms with Crippen molar-refractivity contribution in [3.05, 3.63) is 88.6 Å². The van der Waals surface area contributed by atoms with E-state index in [1.807, 2.05) is 0 Å². The standard InChI is InChI=1S/C25H17F5N4O/c1-14-7-17(26)9-22(27)20(14)12-34-13-33-15(2)19-10-18(3-4-23(19)34)35-24-21(25(28,29)30)8-16(5-6-31)11-32-24/h3-4,7-11,13H,2,5,12H2,1H3. The summed E-state index contributed by atoms with van der Waals surface area (Å²) in [6, 6.07) is 9.11. The number of aryl methyl sites for hydroxylation is 1. The SMILES string of the molecule is C=C1N=CN(Cc2c(C)cc(F)cc2F)c2ccc(Oc3ncc(CC#N)cc3C(F)(F)F)cc21. The predicted molar refractivity (Wildman–Crippen MR) is 120 cm³/mol. The first-order valence-electron chi connectivity index (χ1n) is 10.3. The maximum absolute atomic E-state index is 14.4. The number of nitrogens with zero attached hydrogens (tertiary/aromatic N) is 4. The molecule has 2 heterocycles. The fraction of sp³-hybridized carbons (Fsp3) is 0.160. The lowest BCUT2D eigenvalue weighted by atomic mass is 10.0. The monoisotopic (exact) mass is 484 g/mol. The molecule has 0 N–H and O–H groups in total. The number of rotatable bonds is 5. The molecule has 178 valence electrons. The topological polar surface area (TPSA) is 61.5 Å². The number of aromatic nitrogens is 1. The second kappa shape index (κ2) is 9.18. The molecule has 1 aliphatic heterocycles. The smallest absolute Gasteiger partial charge is 0.421 e. The third kappa shape index (κ3) is 4.99. The van der Waals surface area contributed by atoms with Crippen LogP contribution in [0, 0.1) is 29.9 Å². The first-order chi connectivity index (χ1) is 16.6. The van der Waals surface area contributed by atoms with Crippen molar-refractivity contribution in [2.24, 2.45) is 4.99 Å². The Morgan fingerprint density at radius 3 is 2.60 bits per heavy atom. The highest BCUT2D eigenvalue weighted by Crippen LogP contribution is 2.40. The summed E-state index contributed by atoms with van der Waals surface area (Å²) < 4.78 is 74.0. The van der Waals surface area contributed by atoms with Gasteiger partial charge in [0.25, 0.3) is 0 Å². The van der Waals surface area contributed by atoms with E-state index in [0.717, 1.165) is 18.3 Å². The van der Waals surface area contributed by atoms with Crippen molar-refractivity contribution in [3.8, 4) is 17.7 Å². The highest BCUT2D eigenvalue weighted by atomic mass is 19.4. The summed E-state index contributed by atoms with van der Waals surface area (Å²) in [5, 5.41) is 8.76. The number of halogens is 5. The maximum Gasteiger partial charge on any atom is 0.421 e. The van der Waals surface area contributed by atoms with Crippen molar-refractivity contribution in [1.82, 2.24) is 4.98 Å². The molecule has 0 unspecified atom stereocenters. The van der Waals surface area contributed by atoms with Gasteiger partial charge < -0.3 is 9.64 Å². The van der Waals surface area contributed by atoms with Gasteiger partial charge in [-0.15, -0.1) is 0 Å². The van der Waals surface area contributed by atoms with Crippen LogP contribution < -0.4 is 9.64 Å². The normalized spacial score (nSPS) is 12.9. The minimum Gasteiger partial charge on any atom is -0.438 e. The van der Waals surface area contributed by atoms with E-state index in [-0.39, 0.29) is 29.8 Å². The summed E-state index contributed by atoms with van der Waals surface area (Å²) in [5.74, 6) is -1.99. The number of ether oxygens (including phenoxy) is 1. The van der Waals surface area contributed by atoms with Crippen LogP contribution >= 0.6 is 0 Å². The lowest BCUT2D eigenvalue weighted by Crippen LogP contribution is -2.25. The number of aliphatic imine (C=N–C) groups is 1. The number of fused-ring (bicyclic) bond motifs is 1. The molecule has 10 heteroatoms. The molecule has 0 atom stereocenters. The Labute approximate surface area is 197 Å². The Kier molecular flexibility index (Phi) is 6.26. The highest BCUT2D eigenvalue weighted by molar-refractivity contribution is 5.94. The van der Waals surface area contributed by atoms with Crippen molar-refractivity contribution in [3.63, 3.8) is 0 Å². The average molecular weight is 484 g/mol. The van der Waals surface area contributed by atoms with Gasteiger partial charge in [-0.05, 0) is 48.4 Å². The first kappa shape index (κ1) is 23.9. The second-order valence-corrected chi connectivity index (χ2v) is 7.81. The maximum atomic E-state index is 14.4. The van der Waals surface area contributed by atoms with Gasteiger partial charge in [-0.3, -0.25) is 0 Å². The highest BCUT2D eigenvalue weighted by Gasteiger charge is 2.36. The number of hydrogen-bond acceptors (Lipinski definition) is 5. The zero-order valence-corrected chi connectivity index (χ0v) is 18.3. The second-order valence-electron chi connectivity index (χ2n) is 7.81. The fourth-order valence-corrected chi connectivity index (χ4v) is 3.64. The van der Waals surface area contributed by atoms with Gasteiger partial charge in [-0.2, -0.15) is 18.4 Å². The Morgan fingerprint density at radius 2 is 1.91 bits per heavy atom. The molecule has 0 bridgehead atoms. The van der Waals surface area contributed by atoms with E-state index < -0.39 is 29.3 Å². The minimum absolute atomic E-state index is 0.0437. The summed E-state index contributed by atoms with van der Waals surface area (Å²) in [4.78, 5) is 9.57. The van der Waals surface area contributed by atoms with Crippen LogP contribution in [-0.2, 0) is 19.1 Å². The molecular weight excluding hydrogens is 467 g/mol. The third-order valence-electron chi connectivity index (χ3n) is 5.36. The molecule has 3 aromatic rings. The van der Waals surface area contributed by atoms with Gasteiger partial charge in [0, 0.05) is 23.4 Å². The molecule has 0 spiro atoms. The molecule has 0 saturated heterocycles. The number of nitriles is 1. The van der Waals surface area contributed by atoms with Gasteiger partial charge in [0.2, 0.25) is 5.88 Å². The Morgan fingerprint density at radius 1 is 1.14 bits per heavy atom. The lowest BCUT2D eigenvalue weighted by molar-refractivity contribution is -0.138. The minimum atomic E-state index is -4.75.